The molecule has 0 N–H and O–H groups in total. The standard InChI is InChI=1S/C9H5N7/c10-15-13-8-5-6-3-1-2-4-7(6)12-9(8)14-16-11/h1-5H. The van der Waals surface area contributed by atoms with Gasteiger partial charge in [0, 0.05) is 15.2 Å². The van der Waals surface area contributed by atoms with Crippen molar-refractivity contribution >= 4 is 22.4 Å². The van der Waals surface area contributed by atoms with Gasteiger partial charge >= 0.3 is 0 Å². The summed E-state index contributed by atoms with van der Waals surface area (Å²) in [6.45, 7) is 0. The number of azide groups is 2. The number of aromatic nitrogens is 1. The molecule has 0 aliphatic rings. The highest BCUT2D eigenvalue weighted by atomic mass is 15.2. The number of para-hydroxylation sites is 1. The molecule has 0 spiro atoms. The largest absolute Gasteiger partial charge is 0.246 e. The third-order valence-electron chi connectivity index (χ3n) is 1.98. The molecule has 0 unspecified atom stereocenters. The van der Waals surface area contributed by atoms with Gasteiger partial charge in [-0.25, -0.2) is 4.98 Å². The molecule has 2 rings (SSSR count). The minimum atomic E-state index is 0.0824. The molecule has 0 atom stereocenters. The molecular formula is C9H5N7. The van der Waals surface area contributed by atoms with Crippen LogP contribution in [-0.2, 0) is 0 Å². The Kier molecular flexibility index (Phi) is 2.56. The van der Waals surface area contributed by atoms with Gasteiger partial charge in [0.2, 0.25) is 0 Å². The maximum Gasteiger partial charge on any atom is 0.137 e. The summed E-state index contributed by atoms with van der Waals surface area (Å²) in [6, 6.07) is 8.91. The highest BCUT2D eigenvalue weighted by Gasteiger charge is 2.03. The number of hydrogen-bond donors (Lipinski definition) is 0. The Hall–Kier alpha value is -2.75. The average Bonchev–Trinajstić information content (AvgIpc) is 2.30. The smallest absolute Gasteiger partial charge is 0.137 e. The summed E-state index contributed by atoms with van der Waals surface area (Å²) < 4.78 is 0. The maximum absolute atomic E-state index is 8.38. The van der Waals surface area contributed by atoms with Crippen molar-refractivity contribution in [2.24, 2.45) is 10.2 Å². The van der Waals surface area contributed by atoms with E-state index in [4.69, 9.17) is 11.1 Å². The minimum Gasteiger partial charge on any atom is -0.246 e. The van der Waals surface area contributed by atoms with Gasteiger partial charge in [0.15, 0.2) is 0 Å². The summed E-state index contributed by atoms with van der Waals surface area (Å²) in [5.74, 6) is 0.0824. The molecule has 1 aromatic carbocycles. The monoisotopic (exact) mass is 211 g/mol. The van der Waals surface area contributed by atoms with E-state index in [1.54, 1.807) is 12.1 Å². The molecule has 7 nitrogen and oxygen atoms in total. The van der Waals surface area contributed by atoms with Gasteiger partial charge in [-0.3, -0.25) is 0 Å². The fourth-order valence-electron chi connectivity index (χ4n) is 1.33. The molecule has 0 radical (unpaired) electrons. The lowest BCUT2D eigenvalue weighted by molar-refractivity contribution is 1.28. The second-order valence-corrected chi connectivity index (χ2v) is 2.90. The molecule has 0 aliphatic heterocycles. The van der Waals surface area contributed by atoms with Crippen LogP contribution in [0.3, 0.4) is 0 Å². The first kappa shape index (κ1) is 9.79. The number of fused-ring (bicyclic) bond motifs is 1. The van der Waals surface area contributed by atoms with E-state index in [9.17, 15) is 0 Å². The van der Waals surface area contributed by atoms with E-state index < -0.39 is 0 Å². The third kappa shape index (κ3) is 1.72. The molecule has 0 fully saturated rings. The van der Waals surface area contributed by atoms with E-state index in [1.807, 2.05) is 18.2 Å². The summed E-state index contributed by atoms with van der Waals surface area (Å²) in [6.07, 6.45) is 0. The summed E-state index contributed by atoms with van der Waals surface area (Å²) in [4.78, 5) is 9.39. The molecule has 7 heteroatoms. The van der Waals surface area contributed by atoms with E-state index in [0.29, 0.717) is 5.52 Å². The van der Waals surface area contributed by atoms with Crippen LogP contribution < -0.4 is 0 Å². The van der Waals surface area contributed by atoms with Gasteiger partial charge in [0.1, 0.15) is 5.82 Å². The maximum atomic E-state index is 8.38. The van der Waals surface area contributed by atoms with Crippen molar-refractivity contribution in [3.8, 4) is 0 Å². The Morgan fingerprint density at radius 2 is 1.81 bits per heavy atom. The SMILES string of the molecule is [N-]=[N+]=Nc1cc2ccccc2nc1N=[N+]=[N-]. The first-order chi connectivity index (χ1) is 7.85. The van der Waals surface area contributed by atoms with Gasteiger partial charge in [0.05, 0.1) is 11.2 Å². The highest BCUT2D eigenvalue weighted by molar-refractivity contribution is 5.84. The van der Waals surface area contributed by atoms with Crippen LogP contribution >= 0.6 is 0 Å². The van der Waals surface area contributed by atoms with E-state index in [1.165, 1.54) is 0 Å². The molecule has 0 amide bonds. The van der Waals surface area contributed by atoms with Crippen LogP contribution in [0.5, 0.6) is 0 Å². The van der Waals surface area contributed by atoms with Crippen molar-refractivity contribution in [1.29, 1.82) is 0 Å². The molecule has 1 heterocycles. The topological polar surface area (TPSA) is 110 Å². The zero-order valence-corrected chi connectivity index (χ0v) is 8.02. The number of pyridine rings is 1. The lowest BCUT2D eigenvalue weighted by Gasteiger charge is -2.01. The normalized spacial score (nSPS) is 9.25. The summed E-state index contributed by atoms with van der Waals surface area (Å²) in [7, 11) is 0. The molecule has 0 saturated heterocycles. The summed E-state index contributed by atoms with van der Waals surface area (Å²) in [5, 5.41) is 7.63. The zero-order valence-electron chi connectivity index (χ0n) is 8.02. The van der Waals surface area contributed by atoms with Crippen LogP contribution in [0.1, 0.15) is 0 Å². The van der Waals surface area contributed by atoms with Crippen LogP contribution in [0.2, 0.25) is 0 Å². The molecule has 1 aromatic heterocycles. The predicted molar refractivity (Wildman–Crippen MR) is 59.4 cm³/mol. The van der Waals surface area contributed by atoms with Gasteiger partial charge in [-0.2, -0.15) is 0 Å². The molecular weight excluding hydrogens is 206 g/mol. The van der Waals surface area contributed by atoms with Crippen molar-refractivity contribution in [2.75, 3.05) is 0 Å². The van der Waals surface area contributed by atoms with Crippen LogP contribution in [0.25, 0.3) is 31.8 Å². The van der Waals surface area contributed by atoms with Crippen molar-refractivity contribution in [1.82, 2.24) is 4.98 Å². The Morgan fingerprint density at radius 1 is 1.06 bits per heavy atom. The van der Waals surface area contributed by atoms with Gasteiger partial charge in [-0.1, -0.05) is 23.3 Å². The van der Waals surface area contributed by atoms with Crippen molar-refractivity contribution in [3.63, 3.8) is 0 Å². The molecule has 0 saturated carbocycles. The van der Waals surface area contributed by atoms with Crippen LogP contribution in [-0.4, -0.2) is 4.98 Å². The Bertz CT molecular complexity index is 579. The average molecular weight is 211 g/mol. The molecule has 2 aromatic rings. The number of nitrogens with zero attached hydrogens (tertiary/aromatic N) is 7. The Labute approximate surface area is 89.6 Å². The second kappa shape index (κ2) is 4.18. The number of hydrogen-bond acceptors (Lipinski definition) is 3. The lowest BCUT2D eigenvalue weighted by Crippen LogP contribution is -1.79. The van der Waals surface area contributed by atoms with Crippen molar-refractivity contribution in [3.05, 3.63) is 51.2 Å². The zero-order chi connectivity index (χ0) is 11.4. The molecule has 0 aliphatic carbocycles. The molecule has 0 bridgehead atoms. The summed E-state index contributed by atoms with van der Waals surface area (Å²) in [5.41, 5.74) is 17.7. The fraction of sp³-hybridized carbons (Fsp3) is 0. The van der Waals surface area contributed by atoms with Crippen molar-refractivity contribution in [2.45, 2.75) is 0 Å². The predicted octanol–water partition coefficient (Wildman–Crippen LogP) is 4.12. The van der Waals surface area contributed by atoms with Gasteiger partial charge in [-0.15, -0.1) is 0 Å². The van der Waals surface area contributed by atoms with Crippen LogP contribution in [0.15, 0.2) is 40.6 Å². The Balaban J connectivity index is 2.80. The Morgan fingerprint density at radius 3 is 2.56 bits per heavy atom. The first-order valence-corrected chi connectivity index (χ1v) is 4.35. The van der Waals surface area contributed by atoms with E-state index >= 15 is 0 Å². The van der Waals surface area contributed by atoms with Crippen LogP contribution in [0.4, 0.5) is 11.5 Å². The van der Waals surface area contributed by atoms with Crippen LogP contribution in [0, 0.1) is 0 Å². The van der Waals surface area contributed by atoms with E-state index in [-0.39, 0.29) is 11.5 Å². The lowest BCUT2D eigenvalue weighted by atomic mass is 10.2. The molecule has 16 heavy (non-hydrogen) atoms. The number of benzene rings is 1. The highest BCUT2D eigenvalue weighted by Crippen LogP contribution is 2.29. The quantitative estimate of drug-likeness (QED) is 0.415. The summed E-state index contributed by atoms with van der Waals surface area (Å²) >= 11 is 0. The fourth-order valence-corrected chi connectivity index (χ4v) is 1.33. The van der Waals surface area contributed by atoms with Gasteiger partial charge in [0.25, 0.3) is 0 Å². The number of rotatable bonds is 2. The van der Waals surface area contributed by atoms with Crippen molar-refractivity contribution < 1.29 is 0 Å². The minimum absolute atomic E-state index is 0.0824. The van der Waals surface area contributed by atoms with E-state index in [2.05, 4.69) is 25.0 Å². The van der Waals surface area contributed by atoms with Gasteiger partial charge < -0.3 is 0 Å². The second-order valence-electron chi connectivity index (χ2n) is 2.90. The third-order valence-corrected chi connectivity index (χ3v) is 1.98. The van der Waals surface area contributed by atoms with Gasteiger partial charge in [-0.05, 0) is 28.3 Å². The first-order valence-electron chi connectivity index (χ1n) is 4.35. The van der Waals surface area contributed by atoms with E-state index in [0.717, 1.165) is 5.39 Å². The molecule has 76 valence electrons.